The Bertz CT molecular complexity index is 446. The highest BCUT2D eigenvalue weighted by Crippen LogP contribution is 2.12. The van der Waals surface area contributed by atoms with Crippen LogP contribution in [0.5, 0.6) is 0 Å². The molecule has 1 aromatic rings. The molecule has 0 saturated heterocycles. The van der Waals surface area contributed by atoms with Gasteiger partial charge in [-0.05, 0) is 12.1 Å². The molecule has 0 atom stereocenters. The second kappa shape index (κ2) is 6.21. The van der Waals surface area contributed by atoms with E-state index in [4.69, 9.17) is 0 Å². The lowest BCUT2D eigenvalue weighted by Gasteiger charge is -2.17. The Hall–Kier alpha value is -2.05. The minimum Gasteiger partial charge on any atom is -0.345 e. The lowest BCUT2D eigenvalue weighted by molar-refractivity contribution is -0.138. The summed E-state index contributed by atoms with van der Waals surface area (Å²) >= 11 is 0. The molecule has 0 aliphatic rings. The van der Waals surface area contributed by atoms with E-state index >= 15 is 0 Å². The molecule has 7 heteroatoms. The van der Waals surface area contributed by atoms with Crippen molar-refractivity contribution in [2.75, 3.05) is 20.1 Å². The summed E-state index contributed by atoms with van der Waals surface area (Å²) in [6, 6.07) is 8.17. The maximum absolute atomic E-state index is 11.9. The molecule has 0 fully saturated rings. The summed E-state index contributed by atoms with van der Waals surface area (Å²) in [4.78, 5) is 24.1. The molecule has 0 aliphatic carbocycles. The third-order valence-corrected chi connectivity index (χ3v) is 2.23. The predicted molar refractivity (Wildman–Crippen MR) is 62.5 cm³/mol. The van der Waals surface area contributed by atoms with Crippen LogP contribution in [-0.2, 0) is 4.79 Å². The lowest BCUT2D eigenvalue weighted by atomic mass is 10.2. The van der Waals surface area contributed by atoms with Crippen LogP contribution in [0, 0.1) is 0 Å². The fourth-order valence-electron chi connectivity index (χ4n) is 1.34. The highest BCUT2D eigenvalue weighted by Gasteiger charge is 2.28. The minimum absolute atomic E-state index is 0.369. The fraction of sp³-hybridized carbons (Fsp3) is 0.333. The normalized spacial score (nSPS) is 10.9. The van der Waals surface area contributed by atoms with E-state index in [1.165, 1.54) is 7.05 Å². The summed E-state index contributed by atoms with van der Waals surface area (Å²) in [7, 11) is 1.35. The van der Waals surface area contributed by atoms with Gasteiger partial charge in [-0.1, -0.05) is 18.2 Å². The topological polar surface area (TPSA) is 49.4 Å². The number of nitrogens with one attached hydrogen (secondary N) is 1. The highest BCUT2D eigenvalue weighted by molar-refractivity contribution is 5.96. The van der Waals surface area contributed by atoms with E-state index in [9.17, 15) is 22.8 Å². The van der Waals surface area contributed by atoms with Crippen molar-refractivity contribution in [2.45, 2.75) is 6.18 Å². The molecule has 1 aromatic carbocycles. The molecular weight excluding hydrogens is 261 g/mol. The number of halogens is 3. The van der Waals surface area contributed by atoms with E-state index in [0.717, 1.165) is 4.90 Å². The van der Waals surface area contributed by atoms with E-state index < -0.39 is 31.1 Å². The van der Waals surface area contributed by atoms with E-state index in [2.05, 4.69) is 0 Å². The van der Waals surface area contributed by atoms with Crippen molar-refractivity contribution in [1.82, 2.24) is 10.2 Å². The van der Waals surface area contributed by atoms with Gasteiger partial charge < -0.3 is 10.2 Å². The zero-order valence-corrected chi connectivity index (χ0v) is 10.2. The standard InChI is InChI=1S/C12H13F3N2O2/c1-17(7-10(18)16-8-12(13,14)15)11(19)9-5-3-2-4-6-9/h2-6H,7-8H2,1H3,(H,16,18). The van der Waals surface area contributed by atoms with Gasteiger partial charge in [-0.3, -0.25) is 9.59 Å². The van der Waals surface area contributed by atoms with Crippen molar-refractivity contribution in [1.29, 1.82) is 0 Å². The SMILES string of the molecule is CN(CC(=O)NCC(F)(F)F)C(=O)c1ccccc1. The van der Waals surface area contributed by atoms with Gasteiger partial charge in [0.25, 0.3) is 5.91 Å². The van der Waals surface area contributed by atoms with E-state index in [1.807, 2.05) is 0 Å². The molecule has 0 aromatic heterocycles. The molecule has 0 radical (unpaired) electrons. The van der Waals surface area contributed by atoms with Crippen LogP contribution in [0.15, 0.2) is 30.3 Å². The summed E-state index contributed by atoms with van der Waals surface area (Å²) in [6.07, 6.45) is -4.46. The first-order chi connectivity index (χ1) is 8.79. The average Bonchev–Trinajstić information content (AvgIpc) is 2.35. The second-order valence-electron chi connectivity index (χ2n) is 3.92. The van der Waals surface area contributed by atoms with Crippen molar-refractivity contribution in [3.63, 3.8) is 0 Å². The van der Waals surface area contributed by atoms with Crippen LogP contribution in [0.4, 0.5) is 13.2 Å². The summed E-state index contributed by atoms with van der Waals surface area (Å²) in [6.45, 7) is -1.83. The predicted octanol–water partition coefficient (Wildman–Crippen LogP) is 1.44. The number of likely N-dealkylation sites (N-methyl/N-ethyl adjacent to an activating group) is 1. The molecule has 1 N–H and O–H groups in total. The van der Waals surface area contributed by atoms with Gasteiger partial charge in [-0.2, -0.15) is 13.2 Å². The number of benzene rings is 1. The smallest absolute Gasteiger partial charge is 0.345 e. The number of hydrogen-bond acceptors (Lipinski definition) is 2. The molecule has 104 valence electrons. The van der Waals surface area contributed by atoms with Gasteiger partial charge in [-0.15, -0.1) is 0 Å². The van der Waals surface area contributed by atoms with Crippen molar-refractivity contribution in [3.05, 3.63) is 35.9 Å². The number of amides is 2. The molecule has 0 unspecified atom stereocenters. The van der Waals surface area contributed by atoms with Crippen LogP contribution in [0.2, 0.25) is 0 Å². The summed E-state index contributed by atoms with van der Waals surface area (Å²) < 4.78 is 35.6. The summed E-state index contributed by atoms with van der Waals surface area (Å²) in [5.41, 5.74) is 0.369. The maximum Gasteiger partial charge on any atom is 0.405 e. The quantitative estimate of drug-likeness (QED) is 0.903. The average molecular weight is 274 g/mol. The van der Waals surface area contributed by atoms with Crippen molar-refractivity contribution < 1.29 is 22.8 Å². The van der Waals surface area contributed by atoms with Gasteiger partial charge in [0.05, 0.1) is 6.54 Å². The number of hydrogen-bond donors (Lipinski definition) is 1. The fourth-order valence-corrected chi connectivity index (χ4v) is 1.34. The zero-order valence-electron chi connectivity index (χ0n) is 10.2. The zero-order chi connectivity index (χ0) is 14.5. The van der Waals surface area contributed by atoms with Crippen LogP contribution >= 0.6 is 0 Å². The summed E-state index contributed by atoms with van der Waals surface area (Å²) in [5, 5.41) is 1.70. The highest BCUT2D eigenvalue weighted by atomic mass is 19.4. The third-order valence-electron chi connectivity index (χ3n) is 2.23. The number of nitrogens with zero attached hydrogens (tertiary/aromatic N) is 1. The molecule has 0 heterocycles. The number of alkyl halides is 3. The Kier molecular flexibility index (Phi) is 4.91. The Balaban J connectivity index is 2.49. The lowest BCUT2D eigenvalue weighted by Crippen LogP contribution is -2.41. The van der Waals surface area contributed by atoms with Gasteiger partial charge in [0, 0.05) is 12.6 Å². The molecular formula is C12H13F3N2O2. The van der Waals surface area contributed by atoms with Crippen molar-refractivity contribution >= 4 is 11.8 Å². The van der Waals surface area contributed by atoms with Crippen molar-refractivity contribution in [2.24, 2.45) is 0 Å². The number of carbonyl (C=O) groups is 2. The van der Waals surface area contributed by atoms with E-state index in [0.29, 0.717) is 5.56 Å². The molecule has 0 bridgehead atoms. The molecule has 1 rings (SSSR count). The molecule has 19 heavy (non-hydrogen) atoms. The number of carbonyl (C=O) groups excluding carboxylic acids is 2. The minimum atomic E-state index is -4.46. The molecule has 2 amide bonds. The third kappa shape index (κ3) is 5.41. The van der Waals surface area contributed by atoms with Gasteiger partial charge in [-0.25, -0.2) is 0 Å². The van der Waals surface area contributed by atoms with Crippen LogP contribution in [0.1, 0.15) is 10.4 Å². The Morgan fingerprint density at radius 2 is 1.79 bits per heavy atom. The molecule has 4 nitrogen and oxygen atoms in total. The van der Waals surface area contributed by atoms with Gasteiger partial charge >= 0.3 is 6.18 Å². The largest absolute Gasteiger partial charge is 0.405 e. The second-order valence-corrected chi connectivity index (χ2v) is 3.92. The van der Waals surface area contributed by atoms with Gasteiger partial charge in [0.2, 0.25) is 5.91 Å². The van der Waals surface area contributed by atoms with Gasteiger partial charge in [0.1, 0.15) is 6.54 Å². The van der Waals surface area contributed by atoms with E-state index in [1.54, 1.807) is 35.6 Å². The molecule has 0 spiro atoms. The van der Waals surface area contributed by atoms with Gasteiger partial charge in [0.15, 0.2) is 0 Å². The first-order valence-electron chi connectivity index (χ1n) is 5.43. The Morgan fingerprint density at radius 3 is 2.32 bits per heavy atom. The molecule has 0 aliphatic heterocycles. The van der Waals surface area contributed by atoms with Crippen molar-refractivity contribution in [3.8, 4) is 0 Å². The maximum atomic E-state index is 11.9. The summed E-state index contributed by atoms with van der Waals surface area (Å²) in [5.74, 6) is -1.29. The monoisotopic (exact) mass is 274 g/mol. The van der Waals surface area contributed by atoms with Crippen LogP contribution in [0.3, 0.4) is 0 Å². The van der Waals surface area contributed by atoms with E-state index in [-0.39, 0.29) is 0 Å². The Labute approximate surface area is 108 Å². The van der Waals surface area contributed by atoms with Crippen LogP contribution < -0.4 is 5.32 Å². The first-order valence-corrected chi connectivity index (χ1v) is 5.43. The van der Waals surface area contributed by atoms with Crippen LogP contribution in [-0.4, -0.2) is 43.0 Å². The molecule has 0 saturated carbocycles. The first kappa shape index (κ1) is 15.0. The van der Waals surface area contributed by atoms with Crippen LogP contribution in [0.25, 0.3) is 0 Å². The Morgan fingerprint density at radius 1 is 1.21 bits per heavy atom. The number of rotatable bonds is 4.